The van der Waals surface area contributed by atoms with Crippen LogP contribution in [0.25, 0.3) is 16.5 Å². The number of amides is 2. The minimum Gasteiger partial charge on any atom is -0.388 e. The lowest BCUT2D eigenvalue weighted by atomic mass is 10.1. The monoisotopic (exact) mass is 545 g/mol. The molecule has 12 heteroatoms. The van der Waals surface area contributed by atoms with Crippen LogP contribution in [0.2, 0.25) is 4.34 Å². The summed E-state index contributed by atoms with van der Waals surface area (Å²) in [4.78, 5) is 27.6. The van der Waals surface area contributed by atoms with Crippen LogP contribution >= 0.6 is 22.9 Å². The molecule has 0 unspecified atom stereocenters. The second kappa shape index (κ2) is 10.3. The summed E-state index contributed by atoms with van der Waals surface area (Å²) in [6.45, 7) is 0.633. The van der Waals surface area contributed by atoms with Crippen LogP contribution in [0.15, 0.2) is 69.8 Å². The van der Waals surface area contributed by atoms with Gasteiger partial charge in [0.1, 0.15) is 4.21 Å². The Hall–Kier alpha value is -3.38. The number of pyridine rings is 1. The number of aromatic nitrogens is 1. The number of fused-ring (bicyclic) bond motifs is 1. The number of carbonyl (C=O) groups is 1. The Morgan fingerprint density at radius 1 is 1.03 bits per heavy atom. The van der Waals surface area contributed by atoms with Crippen molar-refractivity contribution in [2.24, 2.45) is 0 Å². The van der Waals surface area contributed by atoms with Crippen LogP contribution in [0.3, 0.4) is 0 Å². The highest BCUT2D eigenvalue weighted by Gasteiger charge is 2.20. The highest BCUT2D eigenvalue weighted by Crippen LogP contribution is 2.26. The zero-order valence-corrected chi connectivity index (χ0v) is 22.1. The van der Waals surface area contributed by atoms with Crippen molar-refractivity contribution in [2.75, 3.05) is 31.8 Å². The molecule has 0 saturated heterocycles. The van der Waals surface area contributed by atoms with Crippen molar-refractivity contribution in [2.45, 2.75) is 10.8 Å². The Labute approximate surface area is 217 Å². The molecule has 0 saturated carbocycles. The zero-order valence-electron chi connectivity index (χ0n) is 19.7. The summed E-state index contributed by atoms with van der Waals surface area (Å²) >= 11 is 6.63. The van der Waals surface area contributed by atoms with E-state index < -0.39 is 16.1 Å². The standard InChI is InChI=1S/C24H24ClN5O4S2/c1-26-17-6-9-19-20(12-17)15(13-29(2)3)14-30(23(19)31)18-7-4-16(5-8-18)27-24(32)28-36(33,34)22-11-10-21(25)35-22/h4-12,14,26H,13H2,1-3H3,(H2,27,28,32). The summed E-state index contributed by atoms with van der Waals surface area (Å²) in [6.07, 6.45) is 1.82. The quantitative estimate of drug-likeness (QED) is 0.319. The van der Waals surface area contributed by atoms with Gasteiger partial charge < -0.3 is 15.5 Å². The van der Waals surface area contributed by atoms with Crippen molar-refractivity contribution in [1.82, 2.24) is 14.2 Å². The molecule has 36 heavy (non-hydrogen) atoms. The van der Waals surface area contributed by atoms with Crippen LogP contribution in [0.4, 0.5) is 16.2 Å². The fourth-order valence-corrected chi connectivity index (χ4v) is 6.09. The first-order chi connectivity index (χ1) is 17.1. The van der Waals surface area contributed by atoms with E-state index in [0.717, 1.165) is 28.0 Å². The number of rotatable bonds is 7. The molecule has 2 aromatic heterocycles. The number of anilines is 2. The molecule has 0 spiro atoms. The minimum absolute atomic E-state index is 0.0657. The van der Waals surface area contributed by atoms with Crippen LogP contribution < -0.4 is 20.9 Å². The molecule has 0 aliphatic carbocycles. The van der Waals surface area contributed by atoms with Crippen LogP contribution in [-0.4, -0.2) is 45.1 Å². The number of thiophene rings is 1. The third-order valence-electron chi connectivity index (χ3n) is 5.32. The first-order valence-electron chi connectivity index (χ1n) is 10.8. The Kier molecular flexibility index (Phi) is 7.36. The average molecular weight is 546 g/mol. The lowest BCUT2D eigenvalue weighted by Gasteiger charge is -2.17. The van der Waals surface area contributed by atoms with Crippen molar-refractivity contribution >= 4 is 61.1 Å². The third kappa shape index (κ3) is 5.54. The fraction of sp³-hybridized carbons (Fsp3) is 0.167. The molecule has 0 bridgehead atoms. The van der Waals surface area contributed by atoms with Gasteiger partial charge in [-0.2, -0.15) is 0 Å². The van der Waals surface area contributed by atoms with Crippen LogP contribution in [0.5, 0.6) is 0 Å². The normalized spacial score (nSPS) is 11.6. The van der Waals surface area contributed by atoms with Gasteiger partial charge in [-0.1, -0.05) is 11.6 Å². The molecule has 2 heterocycles. The van der Waals surface area contributed by atoms with Gasteiger partial charge in [0.25, 0.3) is 15.6 Å². The van der Waals surface area contributed by atoms with Crippen molar-refractivity contribution < 1.29 is 13.2 Å². The van der Waals surface area contributed by atoms with Gasteiger partial charge in [-0.15, -0.1) is 11.3 Å². The molecule has 9 nitrogen and oxygen atoms in total. The smallest absolute Gasteiger partial charge is 0.333 e. The Bertz CT molecular complexity index is 1600. The summed E-state index contributed by atoms with van der Waals surface area (Å²) < 4.78 is 28.4. The van der Waals surface area contributed by atoms with E-state index in [1.807, 2.05) is 49.1 Å². The number of sulfonamides is 1. The van der Waals surface area contributed by atoms with Gasteiger partial charge in [0.05, 0.1) is 4.34 Å². The number of nitrogens with one attached hydrogen (secondary N) is 3. The highest BCUT2D eigenvalue weighted by molar-refractivity contribution is 7.92. The lowest BCUT2D eigenvalue weighted by molar-refractivity contribution is 0.256. The van der Waals surface area contributed by atoms with Gasteiger partial charge >= 0.3 is 6.03 Å². The van der Waals surface area contributed by atoms with Crippen LogP contribution in [-0.2, 0) is 16.6 Å². The van der Waals surface area contributed by atoms with Gasteiger partial charge in [-0.05, 0) is 79.6 Å². The number of benzene rings is 2. The fourth-order valence-electron chi connectivity index (χ4n) is 3.70. The summed E-state index contributed by atoms with van der Waals surface area (Å²) in [5.41, 5.74) is 2.68. The lowest BCUT2D eigenvalue weighted by Crippen LogP contribution is -2.33. The van der Waals surface area contributed by atoms with Crippen LogP contribution in [0.1, 0.15) is 5.56 Å². The molecule has 4 aromatic rings. The molecule has 0 fully saturated rings. The second-order valence-corrected chi connectivity index (χ2v) is 11.9. The molecule has 0 radical (unpaired) electrons. The Morgan fingerprint density at radius 2 is 1.72 bits per heavy atom. The predicted molar refractivity (Wildman–Crippen MR) is 145 cm³/mol. The largest absolute Gasteiger partial charge is 0.388 e. The molecule has 188 valence electrons. The number of hydrogen-bond donors (Lipinski definition) is 3. The predicted octanol–water partition coefficient (Wildman–Crippen LogP) is 4.32. The van der Waals surface area contributed by atoms with E-state index in [0.29, 0.717) is 27.6 Å². The molecule has 3 N–H and O–H groups in total. The molecule has 2 aromatic carbocycles. The van der Waals surface area contributed by atoms with E-state index in [4.69, 9.17) is 11.6 Å². The number of carbonyl (C=O) groups excluding carboxylic acids is 1. The van der Waals surface area contributed by atoms with E-state index in [2.05, 4.69) is 10.6 Å². The minimum atomic E-state index is -4.04. The first kappa shape index (κ1) is 25.7. The summed E-state index contributed by atoms with van der Waals surface area (Å²) in [6, 6.07) is 14.0. The third-order valence-corrected chi connectivity index (χ3v) is 8.37. The van der Waals surface area contributed by atoms with Gasteiger partial charge in [0.2, 0.25) is 0 Å². The first-order valence-corrected chi connectivity index (χ1v) is 13.5. The molecule has 4 rings (SSSR count). The second-order valence-electron chi connectivity index (χ2n) is 8.24. The average Bonchev–Trinajstić information content (AvgIpc) is 3.28. The van der Waals surface area contributed by atoms with Crippen molar-refractivity contribution in [1.29, 1.82) is 0 Å². The zero-order chi connectivity index (χ0) is 26.0. The maximum Gasteiger partial charge on any atom is 0.333 e. The summed E-state index contributed by atoms with van der Waals surface area (Å²) in [5, 5.41) is 7.06. The highest BCUT2D eigenvalue weighted by atomic mass is 35.5. The summed E-state index contributed by atoms with van der Waals surface area (Å²) in [5.74, 6) is 0. The van der Waals surface area contributed by atoms with Gasteiger partial charge in [0.15, 0.2) is 0 Å². The van der Waals surface area contributed by atoms with Crippen molar-refractivity contribution in [3.63, 3.8) is 0 Å². The van der Waals surface area contributed by atoms with Crippen LogP contribution in [0, 0.1) is 0 Å². The number of urea groups is 1. The maximum atomic E-state index is 13.3. The summed E-state index contributed by atoms with van der Waals surface area (Å²) in [7, 11) is 1.71. The SMILES string of the molecule is CNc1ccc2c(=O)n(-c3ccc(NC(=O)NS(=O)(=O)c4ccc(Cl)s4)cc3)cc(CN(C)C)c2c1. The maximum absolute atomic E-state index is 13.3. The Morgan fingerprint density at radius 3 is 2.33 bits per heavy atom. The number of hydrogen-bond acceptors (Lipinski definition) is 7. The van der Waals surface area contributed by atoms with E-state index in [9.17, 15) is 18.0 Å². The van der Waals surface area contributed by atoms with Gasteiger partial charge in [-0.25, -0.2) is 17.9 Å². The molecular weight excluding hydrogens is 522 g/mol. The topological polar surface area (TPSA) is 113 Å². The van der Waals surface area contributed by atoms with Crippen molar-refractivity contribution in [3.05, 3.63) is 81.0 Å². The van der Waals surface area contributed by atoms with E-state index in [1.165, 1.54) is 12.1 Å². The molecule has 0 aliphatic rings. The molecule has 2 amide bonds. The number of halogens is 1. The molecular formula is C24H24ClN5O4S2. The van der Waals surface area contributed by atoms with E-state index in [-0.39, 0.29) is 9.77 Å². The van der Waals surface area contributed by atoms with Gasteiger partial charge in [-0.3, -0.25) is 9.36 Å². The van der Waals surface area contributed by atoms with E-state index in [1.54, 1.807) is 34.9 Å². The number of nitrogens with zero attached hydrogens (tertiary/aromatic N) is 2. The molecule has 0 aliphatic heterocycles. The van der Waals surface area contributed by atoms with Crippen molar-refractivity contribution in [3.8, 4) is 5.69 Å². The van der Waals surface area contributed by atoms with E-state index >= 15 is 0 Å². The van der Waals surface area contributed by atoms with Gasteiger partial charge in [0, 0.05) is 42.2 Å². The molecule has 0 atom stereocenters. The Balaban J connectivity index is 1.60.